The van der Waals surface area contributed by atoms with Gasteiger partial charge < -0.3 is 9.84 Å². The molecular formula is C10H15BrN2O2. The number of ether oxygens (including phenoxy) is 1. The van der Waals surface area contributed by atoms with Gasteiger partial charge in [0.1, 0.15) is 17.0 Å². The molecule has 1 aromatic heterocycles. The van der Waals surface area contributed by atoms with E-state index in [9.17, 15) is 0 Å². The van der Waals surface area contributed by atoms with Crippen LogP contribution in [0.1, 0.15) is 26.6 Å². The Bertz CT molecular complexity index is 337. The third kappa shape index (κ3) is 3.76. The SMILES string of the molecule is CC(C)(C)c1nc(Br)cc(OCCO)n1. The first-order chi connectivity index (χ1) is 6.93. The molecule has 0 spiro atoms. The van der Waals surface area contributed by atoms with E-state index < -0.39 is 0 Å². The molecular weight excluding hydrogens is 260 g/mol. The molecule has 0 aliphatic rings. The molecule has 0 aromatic carbocycles. The van der Waals surface area contributed by atoms with E-state index in [0.717, 1.165) is 0 Å². The van der Waals surface area contributed by atoms with Gasteiger partial charge in [0.15, 0.2) is 0 Å². The summed E-state index contributed by atoms with van der Waals surface area (Å²) in [5.41, 5.74) is -0.124. The molecule has 0 bridgehead atoms. The maximum absolute atomic E-state index is 8.65. The lowest BCUT2D eigenvalue weighted by Crippen LogP contribution is -2.17. The van der Waals surface area contributed by atoms with Gasteiger partial charge in [-0.2, -0.15) is 4.98 Å². The molecule has 15 heavy (non-hydrogen) atoms. The number of halogens is 1. The minimum atomic E-state index is -0.124. The van der Waals surface area contributed by atoms with E-state index in [1.54, 1.807) is 6.07 Å². The number of aromatic nitrogens is 2. The average Bonchev–Trinajstić information content (AvgIpc) is 2.12. The van der Waals surface area contributed by atoms with Crippen LogP contribution >= 0.6 is 15.9 Å². The smallest absolute Gasteiger partial charge is 0.217 e. The Kier molecular flexibility index (Phi) is 4.04. The third-order valence-corrected chi connectivity index (χ3v) is 2.09. The van der Waals surface area contributed by atoms with Gasteiger partial charge >= 0.3 is 0 Å². The summed E-state index contributed by atoms with van der Waals surface area (Å²) in [6.45, 7) is 6.32. The van der Waals surface area contributed by atoms with Gasteiger partial charge in [-0.3, -0.25) is 0 Å². The standard InChI is InChI=1S/C10H15BrN2O2/c1-10(2,3)9-12-7(11)6-8(13-9)15-5-4-14/h6,14H,4-5H2,1-3H3. The highest BCUT2D eigenvalue weighted by Crippen LogP contribution is 2.23. The van der Waals surface area contributed by atoms with Crippen LogP contribution in [0, 0.1) is 0 Å². The zero-order valence-electron chi connectivity index (χ0n) is 9.12. The van der Waals surface area contributed by atoms with Gasteiger partial charge in [0.2, 0.25) is 5.88 Å². The Labute approximate surface area is 97.8 Å². The number of aliphatic hydroxyl groups excluding tert-OH is 1. The van der Waals surface area contributed by atoms with Gasteiger partial charge in [-0.1, -0.05) is 20.8 Å². The molecule has 0 saturated carbocycles. The fourth-order valence-electron chi connectivity index (χ4n) is 0.957. The van der Waals surface area contributed by atoms with Crippen LogP contribution in [0.4, 0.5) is 0 Å². The first-order valence-corrected chi connectivity index (χ1v) is 5.51. The second-order valence-corrected chi connectivity index (χ2v) is 4.99. The summed E-state index contributed by atoms with van der Waals surface area (Å²) < 4.78 is 5.93. The summed E-state index contributed by atoms with van der Waals surface area (Å²) in [6.07, 6.45) is 0. The number of rotatable bonds is 3. The lowest BCUT2D eigenvalue weighted by molar-refractivity contribution is 0.195. The van der Waals surface area contributed by atoms with E-state index in [1.165, 1.54) is 0 Å². The first-order valence-electron chi connectivity index (χ1n) is 4.72. The average molecular weight is 275 g/mol. The Morgan fingerprint density at radius 1 is 1.40 bits per heavy atom. The van der Waals surface area contributed by atoms with E-state index in [0.29, 0.717) is 16.3 Å². The predicted octanol–water partition coefficient (Wildman–Crippen LogP) is 1.91. The van der Waals surface area contributed by atoms with Crippen LogP contribution in [0.3, 0.4) is 0 Å². The number of aliphatic hydroxyl groups is 1. The summed E-state index contributed by atoms with van der Waals surface area (Å²) >= 11 is 3.30. The Morgan fingerprint density at radius 2 is 2.07 bits per heavy atom. The highest BCUT2D eigenvalue weighted by molar-refractivity contribution is 9.10. The van der Waals surface area contributed by atoms with Gasteiger partial charge in [0.05, 0.1) is 6.61 Å². The van der Waals surface area contributed by atoms with Gasteiger partial charge in [0.25, 0.3) is 0 Å². The zero-order valence-corrected chi connectivity index (χ0v) is 10.7. The molecule has 1 aromatic rings. The van der Waals surface area contributed by atoms with E-state index in [2.05, 4.69) is 25.9 Å². The molecule has 0 unspecified atom stereocenters. The largest absolute Gasteiger partial charge is 0.475 e. The number of hydrogen-bond acceptors (Lipinski definition) is 4. The molecule has 0 radical (unpaired) electrons. The van der Waals surface area contributed by atoms with E-state index in [4.69, 9.17) is 9.84 Å². The molecule has 1 rings (SSSR count). The maximum atomic E-state index is 8.65. The Balaban J connectivity index is 2.95. The monoisotopic (exact) mass is 274 g/mol. The minimum Gasteiger partial charge on any atom is -0.475 e. The normalized spacial score (nSPS) is 11.5. The van der Waals surface area contributed by atoms with Crippen LogP contribution in [0.2, 0.25) is 0 Å². The van der Waals surface area contributed by atoms with Crippen molar-refractivity contribution < 1.29 is 9.84 Å². The highest BCUT2D eigenvalue weighted by Gasteiger charge is 2.18. The van der Waals surface area contributed by atoms with Gasteiger partial charge in [0, 0.05) is 11.5 Å². The third-order valence-electron chi connectivity index (χ3n) is 1.68. The minimum absolute atomic E-state index is 0.0214. The van der Waals surface area contributed by atoms with E-state index in [-0.39, 0.29) is 18.6 Å². The van der Waals surface area contributed by atoms with Gasteiger partial charge in [-0.15, -0.1) is 0 Å². The van der Waals surface area contributed by atoms with Crippen molar-refractivity contribution in [1.82, 2.24) is 9.97 Å². The van der Waals surface area contributed by atoms with Crippen molar-refractivity contribution in [2.24, 2.45) is 0 Å². The number of hydrogen-bond donors (Lipinski definition) is 1. The van der Waals surface area contributed by atoms with Gasteiger partial charge in [-0.05, 0) is 15.9 Å². The van der Waals surface area contributed by atoms with Crippen LogP contribution < -0.4 is 4.74 Å². The highest BCUT2D eigenvalue weighted by atomic mass is 79.9. The molecule has 0 aliphatic carbocycles. The molecule has 5 heteroatoms. The molecule has 84 valence electrons. The molecule has 1 N–H and O–H groups in total. The summed E-state index contributed by atoms with van der Waals surface area (Å²) in [6, 6.07) is 1.69. The van der Waals surface area contributed by atoms with Crippen molar-refractivity contribution in [2.75, 3.05) is 13.2 Å². The van der Waals surface area contributed by atoms with Crippen LogP contribution in [0.25, 0.3) is 0 Å². The summed E-state index contributed by atoms with van der Waals surface area (Å²) in [4.78, 5) is 8.54. The lowest BCUT2D eigenvalue weighted by Gasteiger charge is -2.17. The van der Waals surface area contributed by atoms with Crippen molar-refractivity contribution in [3.8, 4) is 5.88 Å². The quantitative estimate of drug-likeness (QED) is 0.856. The fraction of sp³-hybridized carbons (Fsp3) is 0.600. The molecule has 0 aliphatic heterocycles. The Hall–Kier alpha value is -0.680. The van der Waals surface area contributed by atoms with Crippen LogP contribution in [-0.4, -0.2) is 28.3 Å². The van der Waals surface area contributed by atoms with Crippen molar-refractivity contribution in [3.63, 3.8) is 0 Å². The molecule has 0 fully saturated rings. The zero-order chi connectivity index (χ0) is 11.5. The van der Waals surface area contributed by atoms with Crippen molar-refractivity contribution in [2.45, 2.75) is 26.2 Å². The lowest BCUT2D eigenvalue weighted by atomic mass is 9.96. The Morgan fingerprint density at radius 3 is 2.60 bits per heavy atom. The second-order valence-electron chi connectivity index (χ2n) is 4.17. The molecule has 0 saturated heterocycles. The van der Waals surface area contributed by atoms with Crippen molar-refractivity contribution >= 4 is 15.9 Å². The molecule has 0 atom stereocenters. The maximum Gasteiger partial charge on any atom is 0.217 e. The first kappa shape index (κ1) is 12.4. The summed E-state index contributed by atoms with van der Waals surface area (Å²) in [5, 5.41) is 8.65. The van der Waals surface area contributed by atoms with Gasteiger partial charge in [-0.25, -0.2) is 4.98 Å². The fourth-order valence-corrected chi connectivity index (χ4v) is 1.32. The van der Waals surface area contributed by atoms with E-state index in [1.807, 2.05) is 20.8 Å². The van der Waals surface area contributed by atoms with Crippen LogP contribution in [0.5, 0.6) is 5.88 Å². The molecule has 0 amide bonds. The molecule has 1 heterocycles. The summed E-state index contributed by atoms with van der Waals surface area (Å²) in [7, 11) is 0. The topological polar surface area (TPSA) is 55.2 Å². The number of nitrogens with zero attached hydrogens (tertiary/aromatic N) is 2. The van der Waals surface area contributed by atoms with Crippen LogP contribution in [-0.2, 0) is 5.41 Å². The van der Waals surface area contributed by atoms with Crippen molar-refractivity contribution in [3.05, 3.63) is 16.5 Å². The van der Waals surface area contributed by atoms with Crippen LogP contribution in [0.15, 0.2) is 10.7 Å². The van der Waals surface area contributed by atoms with E-state index >= 15 is 0 Å². The second kappa shape index (κ2) is 4.90. The summed E-state index contributed by atoms with van der Waals surface area (Å²) in [5.74, 6) is 1.20. The van der Waals surface area contributed by atoms with Crippen molar-refractivity contribution in [1.29, 1.82) is 0 Å². The predicted molar refractivity (Wildman–Crippen MR) is 61.0 cm³/mol. The molecule has 4 nitrogen and oxygen atoms in total.